The number of rotatable bonds is 7. The summed E-state index contributed by atoms with van der Waals surface area (Å²) in [5.41, 5.74) is 0.595. The molecule has 0 bridgehead atoms. The van der Waals surface area contributed by atoms with E-state index in [1.165, 1.54) is 10.9 Å². The number of anilines is 2. The smallest absolute Gasteiger partial charge is 0.252 e. The van der Waals surface area contributed by atoms with Gasteiger partial charge in [0.1, 0.15) is 17.0 Å². The molecule has 0 aliphatic carbocycles. The third-order valence-corrected chi connectivity index (χ3v) is 6.94. The Hall–Kier alpha value is -4.16. The zero-order valence-electron chi connectivity index (χ0n) is 22.2. The average Bonchev–Trinajstić information content (AvgIpc) is 3.53. The lowest BCUT2D eigenvalue weighted by molar-refractivity contribution is -0.181. The van der Waals surface area contributed by atoms with Gasteiger partial charge in [-0.05, 0) is 69.9 Å². The molecule has 1 aliphatic rings. The second-order valence-corrected chi connectivity index (χ2v) is 10.3. The van der Waals surface area contributed by atoms with Gasteiger partial charge >= 0.3 is 0 Å². The van der Waals surface area contributed by atoms with Crippen molar-refractivity contribution >= 4 is 17.5 Å². The van der Waals surface area contributed by atoms with Crippen LogP contribution in [-0.2, 0) is 15.1 Å². The van der Waals surface area contributed by atoms with Gasteiger partial charge in [0.15, 0.2) is 17.5 Å². The van der Waals surface area contributed by atoms with Crippen LogP contribution in [0.2, 0.25) is 0 Å². The monoisotopic (exact) mass is 534 g/mol. The molecule has 4 N–H and O–H groups in total. The Morgan fingerprint density at radius 2 is 2.03 bits per heavy atom. The van der Waals surface area contributed by atoms with Crippen molar-refractivity contribution < 1.29 is 19.0 Å². The van der Waals surface area contributed by atoms with E-state index in [2.05, 4.69) is 35.9 Å². The highest BCUT2D eigenvalue weighted by atomic mass is 19.1. The average molecular weight is 535 g/mol. The van der Waals surface area contributed by atoms with Gasteiger partial charge in [-0.15, -0.1) is 0 Å². The molecule has 0 spiro atoms. The van der Waals surface area contributed by atoms with Crippen molar-refractivity contribution in [3.05, 3.63) is 77.3 Å². The van der Waals surface area contributed by atoms with E-state index in [4.69, 9.17) is 4.74 Å². The second-order valence-electron chi connectivity index (χ2n) is 10.3. The van der Waals surface area contributed by atoms with Crippen molar-refractivity contribution in [2.24, 2.45) is 0 Å². The molecule has 3 atom stereocenters. The number of carbonyl (C=O) groups is 1. The first kappa shape index (κ1) is 26.4. The Morgan fingerprint density at radius 1 is 1.21 bits per heavy atom. The molecule has 5 heterocycles. The van der Waals surface area contributed by atoms with Crippen LogP contribution in [0, 0.1) is 19.7 Å². The van der Waals surface area contributed by atoms with E-state index in [9.17, 15) is 14.3 Å². The molecule has 4 aromatic rings. The van der Waals surface area contributed by atoms with Gasteiger partial charge in [-0.1, -0.05) is 6.07 Å². The number of ether oxygens (including phenoxy) is 1. The van der Waals surface area contributed by atoms with Crippen LogP contribution in [-0.4, -0.2) is 53.2 Å². The third-order valence-electron chi connectivity index (χ3n) is 6.94. The summed E-state index contributed by atoms with van der Waals surface area (Å²) in [6, 6.07) is 8.70. The quantitative estimate of drug-likeness (QED) is 0.282. The first-order valence-electron chi connectivity index (χ1n) is 12.6. The number of nitrogens with one attached hydrogen (secondary N) is 3. The topological polar surface area (TPSA) is 143 Å². The number of aromatic amines is 1. The Labute approximate surface area is 224 Å². The molecule has 1 amide bonds. The van der Waals surface area contributed by atoms with Crippen LogP contribution in [0.15, 0.2) is 48.9 Å². The molecular weight excluding hydrogens is 503 g/mol. The largest absolute Gasteiger partial charge is 0.381 e. The third kappa shape index (κ3) is 5.66. The molecule has 12 heteroatoms. The number of amides is 1. The number of H-pyrrole nitrogens is 1. The highest BCUT2D eigenvalue weighted by Crippen LogP contribution is 2.37. The maximum atomic E-state index is 13.2. The number of aromatic nitrogens is 6. The molecule has 0 aromatic carbocycles. The first-order valence-corrected chi connectivity index (χ1v) is 12.6. The van der Waals surface area contributed by atoms with Crippen LogP contribution in [0.3, 0.4) is 0 Å². The van der Waals surface area contributed by atoms with E-state index in [0.29, 0.717) is 36.0 Å². The number of hydrogen-bond acceptors (Lipinski definition) is 8. The van der Waals surface area contributed by atoms with E-state index < -0.39 is 17.0 Å². The van der Waals surface area contributed by atoms with E-state index in [-0.39, 0.29) is 18.6 Å². The van der Waals surface area contributed by atoms with Crippen molar-refractivity contribution in [2.45, 2.75) is 57.8 Å². The summed E-state index contributed by atoms with van der Waals surface area (Å²) in [6.07, 6.45) is 4.54. The van der Waals surface area contributed by atoms with Crippen LogP contribution in [0.25, 0.3) is 5.82 Å². The number of aliphatic hydroxyl groups is 1. The van der Waals surface area contributed by atoms with Gasteiger partial charge in [0, 0.05) is 18.0 Å². The molecule has 1 fully saturated rings. The number of halogens is 1. The highest BCUT2D eigenvalue weighted by Gasteiger charge is 2.46. The van der Waals surface area contributed by atoms with Gasteiger partial charge in [0.25, 0.3) is 5.91 Å². The number of nitrogens with zero attached hydrogens (tertiary/aromatic N) is 5. The summed E-state index contributed by atoms with van der Waals surface area (Å²) >= 11 is 0. The minimum atomic E-state index is -1.35. The standard InChI is InChI=1S/C27H31FN8O3/c1-16-9-21(32-22(10-16)33-23-11-17(2)34-35-23)27(38)8-7-26(4,39-15-27)25(37)31-18(3)19-5-6-24(29-12-19)36-14-20(28)13-30-36/h5-6,9-14,18,38H,7-8,15H2,1-4H3,(H,31,37)(H2,32,33,34,35)/t18-,26+,27+/m0/s1. The van der Waals surface area contributed by atoms with Gasteiger partial charge in [-0.3, -0.25) is 9.89 Å². The molecule has 11 nitrogen and oxygen atoms in total. The van der Waals surface area contributed by atoms with Gasteiger partial charge in [-0.2, -0.15) is 10.2 Å². The Morgan fingerprint density at radius 3 is 2.64 bits per heavy atom. The van der Waals surface area contributed by atoms with Crippen LogP contribution in [0.1, 0.15) is 55.2 Å². The lowest BCUT2D eigenvalue weighted by Crippen LogP contribution is -2.54. The first-order chi connectivity index (χ1) is 18.5. The second kappa shape index (κ2) is 10.2. The van der Waals surface area contributed by atoms with Crippen LogP contribution in [0.4, 0.5) is 16.0 Å². The highest BCUT2D eigenvalue weighted by molar-refractivity contribution is 5.85. The number of carbonyl (C=O) groups excluding carboxylic acids is 1. The van der Waals surface area contributed by atoms with Gasteiger partial charge < -0.3 is 20.5 Å². The molecule has 39 heavy (non-hydrogen) atoms. The van der Waals surface area contributed by atoms with Gasteiger partial charge in [-0.25, -0.2) is 19.0 Å². The number of hydrogen-bond donors (Lipinski definition) is 4. The lowest BCUT2D eigenvalue weighted by atomic mass is 9.84. The molecule has 0 radical (unpaired) electrons. The SMILES string of the molecule is Cc1cc(Nc2cc(C)[nH]n2)nc([C@@]2(O)CC[C@](C)(C(=O)N[C@@H](C)c3ccc(-n4cc(F)cn4)nc3)OC2)c1. The predicted octanol–water partition coefficient (Wildman–Crippen LogP) is 3.52. The Bertz CT molecular complexity index is 1470. The fourth-order valence-electron chi connectivity index (χ4n) is 4.48. The fraction of sp³-hybridized carbons (Fsp3) is 0.370. The fourth-order valence-corrected chi connectivity index (χ4v) is 4.48. The molecule has 1 aliphatic heterocycles. The van der Waals surface area contributed by atoms with Crippen LogP contribution >= 0.6 is 0 Å². The number of pyridine rings is 2. The van der Waals surface area contributed by atoms with Crippen molar-refractivity contribution in [2.75, 3.05) is 11.9 Å². The van der Waals surface area contributed by atoms with Crippen LogP contribution in [0.5, 0.6) is 0 Å². The lowest BCUT2D eigenvalue weighted by Gasteiger charge is -2.41. The maximum absolute atomic E-state index is 13.2. The summed E-state index contributed by atoms with van der Waals surface area (Å²) in [5, 5.41) is 28.5. The molecule has 5 rings (SSSR count). The minimum Gasteiger partial charge on any atom is -0.381 e. The van der Waals surface area contributed by atoms with E-state index in [0.717, 1.165) is 23.0 Å². The normalized spacial score (nSPS) is 21.9. The summed E-state index contributed by atoms with van der Waals surface area (Å²) in [5.74, 6) is 0.909. The van der Waals surface area contributed by atoms with Crippen molar-refractivity contribution in [3.8, 4) is 5.82 Å². The van der Waals surface area contributed by atoms with Crippen molar-refractivity contribution in [1.29, 1.82) is 0 Å². The molecule has 0 unspecified atom stereocenters. The van der Waals surface area contributed by atoms with Gasteiger partial charge in [0.2, 0.25) is 0 Å². The molecular formula is C27H31FN8O3. The van der Waals surface area contributed by atoms with E-state index in [1.807, 2.05) is 39.0 Å². The zero-order valence-corrected chi connectivity index (χ0v) is 22.2. The minimum absolute atomic E-state index is 0.0839. The van der Waals surface area contributed by atoms with Crippen LogP contribution < -0.4 is 10.6 Å². The van der Waals surface area contributed by atoms with E-state index in [1.54, 1.807) is 25.3 Å². The van der Waals surface area contributed by atoms with Crippen molar-refractivity contribution in [1.82, 2.24) is 35.3 Å². The molecule has 204 valence electrons. The summed E-state index contributed by atoms with van der Waals surface area (Å²) in [7, 11) is 0. The van der Waals surface area contributed by atoms with Crippen molar-refractivity contribution in [3.63, 3.8) is 0 Å². The van der Waals surface area contributed by atoms with Gasteiger partial charge in [0.05, 0.1) is 30.7 Å². The Kier molecular flexibility index (Phi) is 6.91. The summed E-state index contributed by atoms with van der Waals surface area (Å²) in [6.45, 7) is 7.31. The number of aryl methyl sites for hydroxylation is 2. The van der Waals surface area contributed by atoms with E-state index >= 15 is 0 Å². The molecule has 0 saturated carbocycles. The predicted molar refractivity (Wildman–Crippen MR) is 141 cm³/mol. The summed E-state index contributed by atoms with van der Waals surface area (Å²) < 4.78 is 20.6. The zero-order chi connectivity index (χ0) is 27.8. The Balaban J connectivity index is 1.23. The molecule has 4 aromatic heterocycles. The summed E-state index contributed by atoms with van der Waals surface area (Å²) in [4.78, 5) is 22.2. The molecule has 1 saturated heterocycles. The maximum Gasteiger partial charge on any atom is 0.252 e.